The topological polar surface area (TPSA) is 0 Å². The second kappa shape index (κ2) is 3.95. The summed E-state index contributed by atoms with van der Waals surface area (Å²) in [5.41, 5.74) is 5.63. The lowest BCUT2D eigenvalue weighted by atomic mass is 9.77. The molecule has 0 saturated heterocycles. The van der Waals surface area contributed by atoms with E-state index in [9.17, 15) is 0 Å². The third kappa shape index (κ3) is 1.40. The molecule has 0 amide bonds. The molecule has 0 nitrogen and oxygen atoms in total. The molecule has 0 saturated carbocycles. The second-order valence-corrected chi connectivity index (χ2v) is 9.83. The lowest BCUT2D eigenvalue weighted by molar-refractivity contribution is 1.62. The smallest absolute Gasteiger partial charge is 0.0711 e. The van der Waals surface area contributed by atoms with Crippen molar-refractivity contribution in [2.45, 2.75) is 0 Å². The van der Waals surface area contributed by atoms with Crippen LogP contribution in [0.4, 0.5) is 0 Å². The Balaban J connectivity index is 1.92. The van der Waals surface area contributed by atoms with Crippen molar-refractivity contribution in [3.63, 3.8) is 0 Å². The van der Waals surface area contributed by atoms with Gasteiger partial charge in [-0.3, -0.25) is 0 Å². The summed E-state index contributed by atoms with van der Waals surface area (Å²) in [5.74, 6) is 0. The summed E-state index contributed by atoms with van der Waals surface area (Å²) in [7, 11) is 0. The van der Waals surface area contributed by atoms with Gasteiger partial charge in [0.25, 0.3) is 0 Å². The van der Waals surface area contributed by atoms with Crippen molar-refractivity contribution in [3.8, 4) is 22.3 Å². The van der Waals surface area contributed by atoms with Crippen LogP contribution in [-0.4, -0.2) is 0 Å². The zero-order valence-corrected chi connectivity index (χ0v) is 14.8. The summed E-state index contributed by atoms with van der Waals surface area (Å²) >= 11 is 10.8. The van der Waals surface area contributed by atoms with Crippen molar-refractivity contribution >= 4 is 74.7 Å². The average molecular weight is 422 g/mol. The van der Waals surface area contributed by atoms with Gasteiger partial charge in [0.1, 0.15) is 0 Å². The summed E-state index contributed by atoms with van der Waals surface area (Å²) in [6.45, 7) is 0. The van der Waals surface area contributed by atoms with Gasteiger partial charge in [-0.25, -0.2) is 0 Å². The predicted molar refractivity (Wildman–Crippen MR) is 97.0 cm³/mol. The number of rotatable bonds is 0. The number of thiophene rings is 2. The van der Waals surface area contributed by atoms with Gasteiger partial charge in [0.05, 0.1) is 7.57 Å². The Kier molecular flexibility index (Phi) is 2.35. The molecule has 1 aliphatic rings. The first-order valence-electron chi connectivity index (χ1n) is 6.17. The molecule has 0 radical (unpaired) electrons. The molecule has 4 aromatic rings. The average Bonchev–Trinajstić information content (AvgIpc) is 2.92. The van der Waals surface area contributed by atoms with Crippen molar-refractivity contribution in [3.05, 3.63) is 44.0 Å². The van der Waals surface area contributed by atoms with Crippen LogP contribution in [0, 0.1) is 0 Å². The number of benzene rings is 2. The lowest BCUT2D eigenvalue weighted by Crippen LogP contribution is -1.98. The molecular formula is C16H6Br2S2. The Morgan fingerprint density at radius 1 is 0.650 bits per heavy atom. The Morgan fingerprint density at radius 3 is 1.55 bits per heavy atom. The van der Waals surface area contributed by atoms with E-state index in [0.29, 0.717) is 0 Å². The SMILES string of the molecule is Brc1cc2c3c(ccc2s1)-c1c-3ccc2sc(Br)cc12. The molecule has 0 aliphatic heterocycles. The van der Waals surface area contributed by atoms with Crippen LogP contribution in [0.25, 0.3) is 42.4 Å². The van der Waals surface area contributed by atoms with Crippen LogP contribution in [-0.2, 0) is 0 Å². The highest BCUT2D eigenvalue weighted by molar-refractivity contribution is 9.11. The van der Waals surface area contributed by atoms with Gasteiger partial charge in [-0.05, 0) is 78.4 Å². The molecule has 0 fully saturated rings. The highest BCUT2D eigenvalue weighted by Crippen LogP contribution is 2.55. The number of hydrogen-bond acceptors (Lipinski definition) is 2. The maximum absolute atomic E-state index is 3.60. The molecule has 5 rings (SSSR count). The highest BCUT2D eigenvalue weighted by atomic mass is 79.9. The fourth-order valence-electron chi connectivity index (χ4n) is 3.10. The first-order valence-corrected chi connectivity index (χ1v) is 9.39. The minimum Gasteiger partial charge on any atom is -0.128 e. The van der Waals surface area contributed by atoms with Crippen molar-refractivity contribution in [2.75, 3.05) is 0 Å². The molecule has 0 N–H and O–H groups in total. The second-order valence-electron chi connectivity index (χ2n) is 4.90. The lowest BCUT2D eigenvalue weighted by Gasteiger charge is -2.25. The highest BCUT2D eigenvalue weighted by Gasteiger charge is 2.27. The standard InChI is InChI=1S/C16H6Br2S2/c17-13-5-9-11(19-13)3-1-7-15(9)8-2-4-12-10(16(7)8)6-14(18)20-12/h1-6H. The minimum absolute atomic E-state index is 1.20. The van der Waals surface area contributed by atoms with E-state index < -0.39 is 0 Å². The fourth-order valence-corrected chi connectivity index (χ4v) is 6.19. The van der Waals surface area contributed by atoms with Crippen LogP contribution >= 0.6 is 54.5 Å². The molecule has 1 aliphatic carbocycles. The molecule has 96 valence electrons. The van der Waals surface area contributed by atoms with Crippen molar-refractivity contribution in [1.29, 1.82) is 0 Å². The summed E-state index contributed by atoms with van der Waals surface area (Å²) in [6.07, 6.45) is 0. The van der Waals surface area contributed by atoms with Crippen LogP contribution in [0.2, 0.25) is 0 Å². The van der Waals surface area contributed by atoms with E-state index in [4.69, 9.17) is 0 Å². The molecule has 4 heteroatoms. The Hall–Kier alpha value is -0.680. The first-order chi connectivity index (χ1) is 9.72. The minimum atomic E-state index is 1.20. The predicted octanol–water partition coefficient (Wildman–Crippen LogP) is 7.29. The summed E-state index contributed by atoms with van der Waals surface area (Å²) in [4.78, 5) is 0. The maximum Gasteiger partial charge on any atom is 0.0711 e. The van der Waals surface area contributed by atoms with E-state index in [2.05, 4.69) is 68.3 Å². The van der Waals surface area contributed by atoms with Gasteiger partial charge in [0.15, 0.2) is 0 Å². The van der Waals surface area contributed by atoms with E-state index in [1.807, 2.05) is 0 Å². The zero-order chi connectivity index (χ0) is 13.4. The number of fused-ring (bicyclic) bond motifs is 8. The summed E-state index contributed by atoms with van der Waals surface area (Å²) in [5, 5.41) is 2.75. The summed E-state index contributed by atoms with van der Waals surface area (Å²) in [6, 6.07) is 13.5. The van der Waals surface area contributed by atoms with Crippen LogP contribution in [0.1, 0.15) is 0 Å². The Bertz CT molecular complexity index is 925. The molecule has 20 heavy (non-hydrogen) atoms. The Labute approximate surface area is 140 Å². The normalized spacial score (nSPS) is 12.5. The molecule has 2 aromatic carbocycles. The van der Waals surface area contributed by atoms with Gasteiger partial charge < -0.3 is 0 Å². The molecule has 2 aromatic heterocycles. The molecule has 0 bridgehead atoms. The molecular weight excluding hydrogens is 416 g/mol. The van der Waals surface area contributed by atoms with Gasteiger partial charge in [-0.1, -0.05) is 12.1 Å². The summed E-state index contributed by atoms with van der Waals surface area (Å²) < 4.78 is 5.11. The van der Waals surface area contributed by atoms with Gasteiger partial charge >= 0.3 is 0 Å². The molecule has 0 unspecified atom stereocenters. The van der Waals surface area contributed by atoms with E-state index in [-0.39, 0.29) is 0 Å². The maximum atomic E-state index is 3.60. The largest absolute Gasteiger partial charge is 0.128 e. The number of halogens is 2. The Morgan fingerprint density at radius 2 is 1.10 bits per heavy atom. The van der Waals surface area contributed by atoms with E-state index in [1.54, 1.807) is 22.7 Å². The molecule has 2 heterocycles. The van der Waals surface area contributed by atoms with Crippen LogP contribution in [0.5, 0.6) is 0 Å². The van der Waals surface area contributed by atoms with Crippen LogP contribution in [0.3, 0.4) is 0 Å². The van der Waals surface area contributed by atoms with E-state index in [1.165, 1.54) is 50.0 Å². The van der Waals surface area contributed by atoms with Crippen molar-refractivity contribution < 1.29 is 0 Å². The van der Waals surface area contributed by atoms with Gasteiger partial charge in [-0.2, -0.15) is 0 Å². The monoisotopic (exact) mass is 420 g/mol. The number of hydrogen-bond donors (Lipinski definition) is 0. The third-order valence-corrected chi connectivity index (χ3v) is 7.09. The first kappa shape index (κ1) is 11.9. The van der Waals surface area contributed by atoms with Crippen LogP contribution < -0.4 is 0 Å². The van der Waals surface area contributed by atoms with Gasteiger partial charge in [0, 0.05) is 20.2 Å². The molecule has 0 atom stereocenters. The zero-order valence-electron chi connectivity index (χ0n) is 10.0. The third-order valence-electron chi connectivity index (χ3n) is 3.88. The van der Waals surface area contributed by atoms with Crippen molar-refractivity contribution in [1.82, 2.24) is 0 Å². The van der Waals surface area contributed by atoms with E-state index >= 15 is 0 Å². The van der Waals surface area contributed by atoms with Crippen molar-refractivity contribution in [2.24, 2.45) is 0 Å². The van der Waals surface area contributed by atoms with Crippen LogP contribution in [0.15, 0.2) is 44.0 Å². The molecule has 0 spiro atoms. The van der Waals surface area contributed by atoms with Gasteiger partial charge in [-0.15, -0.1) is 22.7 Å². The quantitative estimate of drug-likeness (QED) is 0.246. The van der Waals surface area contributed by atoms with E-state index in [0.717, 1.165) is 0 Å². The fraction of sp³-hybridized carbons (Fsp3) is 0. The van der Waals surface area contributed by atoms with Gasteiger partial charge in [0.2, 0.25) is 0 Å².